The maximum atomic E-state index is 11.6. The number of amidine groups is 1. The number of nitrogens with zero attached hydrogens (tertiary/aromatic N) is 3. The quantitative estimate of drug-likeness (QED) is 0.0988. The van der Waals surface area contributed by atoms with E-state index < -0.39 is 63.0 Å². The zero-order valence-electron chi connectivity index (χ0n) is 18.5. The van der Waals surface area contributed by atoms with Crippen LogP contribution >= 0.6 is 0 Å². The fourth-order valence-electron chi connectivity index (χ4n) is 1.70. The van der Waals surface area contributed by atoms with Gasteiger partial charge in [0, 0.05) is 6.26 Å². The molecule has 1 saturated heterocycles. The Balaban J connectivity index is 0.000000607. The van der Waals surface area contributed by atoms with Gasteiger partial charge < -0.3 is 14.4 Å². The number of carbonyl (C=O) groups excluding carboxylic acids is 5. The second-order valence-electron chi connectivity index (χ2n) is 6.93. The van der Waals surface area contributed by atoms with Gasteiger partial charge in [0.15, 0.2) is 15.1 Å². The summed E-state index contributed by atoms with van der Waals surface area (Å²) in [6.45, 7) is 14.6. The minimum absolute atomic E-state index is 0.130. The van der Waals surface area contributed by atoms with E-state index in [1.165, 1.54) is 13.8 Å². The number of amides is 2. The van der Waals surface area contributed by atoms with E-state index in [0.717, 1.165) is 6.26 Å². The maximum absolute atomic E-state index is 11.6. The summed E-state index contributed by atoms with van der Waals surface area (Å²) < 4.78 is 26.9. The fourth-order valence-corrected chi connectivity index (χ4v) is 2.61. The highest BCUT2D eigenvalue weighted by Gasteiger charge is 2.47. The van der Waals surface area contributed by atoms with Crippen LogP contribution < -0.4 is 0 Å². The van der Waals surface area contributed by atoms with Crippen LogP contribution in [0.2, 0.25) is 0 Å². The second-order valence-corrected chi connectivity index (χ2v) is 9.15. The van der Waals surface area contributed by atoms with E-state index in [4.69, 9.17) is 6.57 Å². The van der Waals surface area contributed by atoms with Crippen LogP contribution in [-0.2, 0) is 48.2 Å². The maximum Gasteiger partial charge on any atom is 0.399 e. The third-order valence-corrected chi connectivity index (χ3v) is 4.89. The molecular formula is C18H25N3O10S. The van der Waals surface area contributed by atoms with Gasteiger partial charge in [-0.3, -0.25) is 14.4 Å². The molecule has 13 nitrogen and oxygen atoms in total. The Morgan fingerprint density at radius 3 is 2.06 bits per heavy atom. The summed E-state index contributed by atoms with van der Waals surface area (Å²) in [6, 6.07) is 0. The predicted octanol–water partition coefficient (Wildman–Crippen LogP) is 0.254. The molecular weight excluding hydrogens is 450 g/mol. The Labute approximate surface area is 185 Å². The largest absolute Gasteiger partial charge is 0.470 e. The molecule has 178 valence electrons. The molecule has 0 saturated carbocycles. The molecule has 2 amide bonds. The predicted molar refractivity (Wildman–Crippen MR) is 108 cm³/mol. The third-order valence-electron chi connectivity index (χ3n) is 3.49. The van der Waals surface area contributed by atoms with E-state index in [-0.39, 0.29) is 17.6 Å². The first kappa shape index (κ1) is 28.7. The molecule has 14 heteroatoms. The summed E-state index contributed by atoms with van der Waals surface area (Å²) in [7, 11) is -3.68. The molecule has 1 unspecified atom stereocenters. The van der Waals surface area contributed by atoms with Crippen LogP contribution in [0.25, 0.3) is 4.85 Å². The molecule has 0 radical (unpaired) electrons. The lowest BCUT2D eigenvalue weighted by molar-refractivity contribution is -0.199. The number of carbonyl (C=O) groups is 5. The van der Waals surface area contributed by atoms with Crippen LogP contribution in [0.3, 0.4) is 0 Å². The van der Waals surface area contributed by atoms with E-state index in [0.29, 0.717) is 0 Å². The van der Waals surface area contributed by atoms with Crippen molar-refractivity contribution in [1.82, 2.24) is 5.06 Å². The van der Waals surface area contributed by atoms with Crippen molar-refractivity contribution in [3.63, 3.8) is 0 Å². The van der Waals surface area contributed by atoms with E-state index in [1.807, 2.05) is 0 Å². The smallest absolute Gasteiger partial charge is 0.399 e. The summed E-state index contributed by atoms with van der Waals surface area (Å²) in [5.41, 5.74) is 0. The van der Waals surface area contributed by atoms with Crippen molar-refractivity contribution in [2.75, 3.05) is 12.9 Å². The summed E-state index contributed by atoms with van der Waals surface area (Å²) in [5.74, 6) is -5.59. The Hall–Kier alpha value is -3.34. The number of esters is 1. The average Bonchev–Trinajstić information content (AvgIpc) is 2.97. The second kappa shape index (κ2) is 12.5. The van der Waals surface area contributed by atoms with E-state index in [2.05, 4.69) is 24.4 Å². The number of ether oxygens (including phenoxy) is 1. The molecule has 1 rings (SSSR count). The van der Waals surface area contributed by atoms with Crippen LogP contribution in [0.15, 0.2) is 5.16 Å². The molecule has 0 spiro atoms. The van der Waals surface area contributed by atoms with Gasteiger partial charge >= 0.3 is 23.7 Å². The lowest BCUT2D eigenvalue weighted by Gasteiger charge is -2.14. The molecule has 1 heterocycles. The van der Waals surface area contributed by atoms with Crippen molar-refractivity contribution in [1.29, 1.82) is 0 Å². The lowest BCUT2D eigenvalue weighted by Crippen LogP contribution is -2.37. The van der Waals surface area contributed by atoms with E-state index in [9.17, 15) is 32.4 Å². The van der Waals surface area contributed by atoms with Crippen molar-refractivity contribution in [2.24, 2.45) is 17.0 Å². The van der Waals surface area contributed by atoms with Gasteiger partial charge in [-0.2, -0.15) is 0 Å². The van der Waals surface area contributed by atoms with Gasteiger partial charge in [-0.05, 0) is 6.92 Å². The van der Waals surface area contributed by atoms with Gasteiger partial charge in [0.25, 0.3) is 11.8 Å². The van der Waals surface area contributed by atoms with Gasteiger partial charge in [0.2, 0.25) is 0 Å². The molecule has 0 aromatic heterocycles. The highest BCUT2D eigenvalue weighted by atomic mass is 32.2. The fraction of sp³-hybridized carbons (Fsp3) is 0.611. The minimum atomic E-state index is -3.68. The third kappa shape index (κ3) is 8.80. The molecule has 1 fully saturated rings. The van der Waals surface area contributed by atoms with Crippen LogP contribution in [0.1, 0.15) is 41.0 Å². The van der Waals surface area contributed by atoms with Gasteiger partial charge in [0.1, 0.15) is 0 Å². The van der Waals surface area contributed by atoms with Crippen LogP contribution in [0, 0.1) is 18.4 Å². The van der Waals surface area contributed by atoms with Crippen molar-refractivity contribution < 1.29 is 46.8 Å². The monoisotopic (exact) mass is 475 g/mol. The van der Waals surface area contributed by atoms with Crippen molar-refractivity contribution >= 4 is 45.4 Å². The molecule has 0 bridgehead atoms. The van der Waals surface area contributed by atoms with Gasteiger partial charge in [0.05, 0.1) is 30.0 Å². The average molecular weight is 475 g/mol. The zero-order valence-corrected chi connectivity index (χ0v) is 19.3. The van der Waals surface area contributed by atoms with Crippen molar-refractivity contribution in [3.05, 3.63) is 11.4 Å². The standard InChI is InChI=1S/C9H12N2O4.C9H13NO6S/c1-5-14-9(13)7(10-4)11-15-8(12)6(2)3;1-5(2)9(13)16-10-7(11)4-6(8(10)12)17(3,14)15/h6H,5H2,1-3H3;5-6H,4H2,1-3H3/b11-7-;. The number of hydrogen-bond acceptors (Lipinski definition) is 11. The number of oxime groups is 1. The summed E-state index contributed by atoms with van der Waals surface area (Å²) in [5, 5.41) is 1.92. The molecule has 0 aliphatic carbocycles. The minimum Gasteiger partial charge on any atom is -0.470 e. The summed E-state index contributed by atoms with van der Waals surface area (Å²) in [6.07, 6.45) is 0.375. The number of imide groups is 1. The lowest BCUT2D eigenvalue weighted by atomic mass is 10.2. The number of hydroxylamine groups is 2. The van der Waals surface area contributed by atoms with E-state index >= 15 is 0 Å². The van der Waals surface area contributed by atoms with Crippen LogP contribution in [0.5, 0.6) is 0 Å². The molecule has 1 aliphatic heterocycles. The molecule has 0 aromatic carbocycles. The molecule has 0 N–H and O–H groups in total. The Morgan fingerprint density at radius 2 is 1.69 bits per heavy atom. The SMILES string of the molecule is CC(C)C(=O)ON1C(=O)CC(S(C)(=O)=O)C1=O.[C-]#[N+]/C(=N\OC(=O)C(C)C)C(=O)OCC. The highest BCUT2D eigenvalue weighted by molar-refractivity contribution is 7.92. The highest BCUT2D eigenvalue weighted by Crippen LogP contribution is 2.20. The summed E-state index contributed by atoms with van der Waals surface area (Å²) >= 11 is 0. The topological polar surface area (TPSA) is 167 Å². The number of rotatable bonds is 6. The Morgan fingerprint density at radius 1 is 1.16 bits per heavy atom. The molecule has 1 aliphatic rings. The normalized spacial score (nSPS) is 16.3. The van der Waals surface area contributed by atoms with E-state index in [1.54, 1.807) is 20.8 Å². The molecule has 0 aromatic rings. The first-order chi connectivity index (χ1) is 14.7. The summed E-state index contributed by atoms with van der Waals surface area (Å²) in [4.78, 5) is 67.8. The number of hydrogen-bond donors (Lipinski definition) is 0. The first-order valence-electron chi connectivity index (χ1n) is 9.28. The zero-order chi connectivity index (χ0) is 25.2. The van der Waals surface area contributed by atoms with Gasteiger partial charge in [-0.15, -0.1) is 5.06 Å². The van der Waals surface area contributed by atoms with Crippen molar-refractivity contribution in [3.8, 4) is 0 Å². The number of sulfone groups is 1. The van der Waals surface area contributed by atoms with Crippen LogP contribution in [0.4, 0.5) is 0 Å². The molecule has 32 heavy (non-hydrogen) atoms. The van der Waals surface area contributed by atoms with Crippen molar-refractivity contribution in [2.45, 2.75) is 46.3 Å². The van der Waals surface area contributed by atoms with Gasteiger partial charge in [-0.1, -0.05) is 34.3 Å². The van der Waals surface area contributed by atoms with Gasteiger partial charge in [-0.25, -0.2) is 22.8 Å². The first-order valence-corrected chi connectivity index (χ1v) is 11.2. The van der Waals surface area contributed by atoms with Crippen LogP contribution in [-0.4, -0.2) is 67.2 Å². The molecule has 1 atom stereocenters. The Kier molecular flexibility index (Phi) is 11.2. The Bertz CT molecular complexity index is 931.